The van der Waals surface area contributed by atoms with Gasteiger partial charge < -0.3 is 35.1 Å². The molecule has 4 N–H and O–H groups in total. The number of ether oxygens (including phenoxy) is 1. The van der Waals surface area contributed by atoms with Crippen molar-refractivity contribution in [1.29, 1.82) is 0 Å². The Morgan fingerprint density at radius 2 is 1.68 bits per heavy atom. The van der Waals surface area contributed by atoms with Crippen LogP contribution in [0.2, 0.25) is 0 Å². The number of alkyl carbamates (subject to hydrolysis) is 1. The van der Waals surface area contributed by atoms with Crippen molar-refractivity contribution in [2.75, 3.05) is 32.1 Å². The topological polar surface area (TPSA) is 131 Å². The molecule has 11 nitrogen and oxygen atoms in total. The van der Waals surface area contributed by atoms with Gasteiger partial charge >= 0.3 is 6.09 Å². The number of benzene rings is 2. The molecule has 0 bridgehead atoms. The number of amides is 2. The zero-order valence-corrected chi connectivity index (χ0v) is 33.2. The third kappa shape index (κ3) is 10.6. The highest BCUT2D eigenvalue weighted by Crippen LogP contribution is 2.35. The number of aromatic nitrogens is 4. The molecule has 0 saturated carbocycles. The van der Waals surface area contributed by atoms with E-state index >= 15 is 0 Å². The molecule has 2 amide bonds. The van der Waals surface area contributed by atoms with Crippen LogP contribution in [0.4, 0.5) is 16.2 Å². The summed E-state index contributed by atoms with van der Waals surface area (Å²) >= 11 is 0. The highest BCUT2D eigenvalue weighted by Gasteiger charge is 2.37. The zero-order chi connectivity index (χ0) is 34.3. The number of imidazole rings is 2. The molecule has 2 aromatic heterocycles. The van der Waals surface area contributed by atoms with Gasteiger partial charge in [-0.3, -0.25) is 4.79 Å². The van der Waals surface area contributed by atoms with Crippen LogP contribution in [0.25, 0.3) is 11.3 Å². The molecule has 3 atom stereocenters. The molecule has 4 aromatic rings. The Morgan fingerprint density at radius 3 is 2.38 bits per heavy atom. The van der Waals surface area contributed by atoms with E-state index in [1.165, 1.54) is 7.11 Å². The van der Waals surface area contributed by atoms with Crippen LogP contribution >= 0.6 is 49.6 Å². The number of methoxy groups -OCH3 is 1. The Bertz CT molecular complexity index is 1920. The number of carbonyl (C=O) groups is 2. The first kappa shape index (κ1) is 44.8. The van der Waals surface area contributed by atoms with Gasteiger partial charge in [-0.2, -0.15) is 0 Å². The number of carbonyl (C=O) groups excluding carboxylic acids is 2. The largest absolute Gasteiger partial charge is 0.453 e. The maximum Gasteiger partial charge on any atom is 0.407 e. The predicted molar refractivity (Wildman–Crippen MR) is 218 cm³/mol. The Balaban J connectivity index is 0.00000243. The van der Waals surface area contributed by atoms with Gasteiger partial charge in [0.15, 0.2) is 0 Å². The number of nitrogens with zero attached hydrogens (tertiary/aromatic N) is 4. The molecule has 0 radical (unpaired) electrons. The van der Waals surface area contributed by atoms with Crippen molar-refractivity contribution in [3.05, 3.63) is 83.8 Å². The first-order valence-corrected chi connectivity index (χ1v) is 16.8. The smallest absolute Gasteiger partial charge is 0.407 e. The van der Waals surface area contributed by atoms with Crippen molar-refractivity contribution in [2.24, 2.45) is 5.92 Å². The number of hydrogen-bond acceptors (Lipinski definition) is 7. The first-order valence-electron chi connectivity index (χ1n) is 16.8. The molecule has 6 rings (SSSR count). The molecule has 2 fully saturated rings. The van der Waals surface area contributed by atoms with Crippen LogP contribution in [0.5, 0.6) is 0 Å². The van der Waals surface area contributed by atoms with Gasteiger partial charge in [0.2, 0.25) is 5.91 Å². The van der Waals surface area contributed by atoms with E-state index in [0.717, 1.165) is 71.9 Å². The lowest BCUT2D eigenvalue weighted by atomic mass is 10.0. The van der Waals surface area contributed by atoms with Gasteiger partial charge in [-0.25, -0.2) is 14.8 Å². The number of hydrogen-bond donors (Lipinski definition) is 4. The zero-order valence-electron chi connectivity index (χ0n) is 30.0. The average Bonchev–Trinajstić information content (AvgIpc) is 3.95. The molecule has 15 heteroatoms. The van der Waals surface area contributed by atoms with Gasteiger partial charge in [0.25, 0.3) is 0 Å². The van der Waals surface area contributed by atoms with Crippen molar-refractivity contribution in [1.82, 2.24) is 35.5 Å². The number of anilines is 2. The van der Waals surface area contributed by atoms with Crippen molar-refractivity contribution in [3.8, 4) is 34.9 Å². The number of H-pyrrole nitrogens is 2. The summed E-state index contributed by atoms with van der Waals surface area (Å²) in [5.74, 6) is 13.7. The number of rotatable bonds is 8. The molecular formula is C38H46Cl4N8O3. The Labute approximate surface area is 335 Å². The van der Waals surface area contributed by atoms with E-state index in [9.17, 15) is 9.59 Å². The van der Waals surface area contributed by atoms with Gasteiger partial charge in [-0.1, -0.05) is 44.0 Å². The molecule has 2 saturated heterocycles. The van der Waals surface area contributed by atoms with Gasteiger partial charge in [0, 0.05) is 30.4 Å². The van der Waals surface area contributed by atoms with Crippen molar-refractivity contribution >= 4 is 73.0 Å². The van der Waals surface area contributed by atoms with Crippen LogP contribution in [0.1, 0.15) is 74.5 Å². The van der Waals surface area contributed by atoms with Crippen LogP contribution in [0.3, 0.4) is 0 Å². The summed E-state index contributed by atoms with van der Waals surface area (Å²) in [5.41, 5.74) is 5.27. The number of para-hydroxylation sites is 1. The minimum Gasteiger partial charge on any atom is -0.453 e. The summed E-state index contributed by atoms with van der Waals surface area (Å²) < 4.78 is 4.77. The van der Waals surface area contributed by atoms with E-state index in [0.29, 0.717) is 12.4 Å². The van der Waals surface area contributed by atoms with E-state index in [2.05, 4.69) is 72.4 Å². The Hall–Kier alpha value is -4.36. The van der Waals surface area contributed by atoms with Gasteiger partial charge in [-0.05, 0) is 80.2 Å². The number of nitrogens with one attached hydrogen (secondary N) is 4. The normalized spacial score (nSPS) is 16.2. The Kier molecular flexibility index (Phi) is 17.6. The number of aromatic amines is 2. The summed E-state index contributed by atoms with van der Waals surface area (Å²) in [6.07, 6.45) is 6.78. The van der Waals surface area contributed by atoms with E-state index in [1.54, 1.807) is 12.4 Å². The van der Waals surface area contributed by atoms with Crippen molar-refractivity contribution in [3.63, 3.8) is 0 Å². The summed E-state index contributed by atoms with van der Waals surface area (Å²) in [5, 5.41) is 6.15. The molecule has 4 heterocycles. The van der Waals surface area contributed by atoms with Crippen molar-refractivity contribution in [2.45, 2.75) is 57.7 Å². The molecule has 0 aliphatic carbocycles. The monoisotopic (exact) mass is 802 g/mol. The summed E-state index contributed by atoms with van der Waals surface area (Å²) in [7, 11) is 3.31. The average molecular weight is 805 g/mol. The molecule has 284 valence electrons. The summed E-state index contributed by atoms with van der Waals surface area (Å²) in [4.78, 5) is 45.5. The maximum absolute atomic E-state index is 13.6. The minimum atomic E-state index is -0.692. The second-order valence-corrected chi connectivity index (χ2v) is 12.7. The molecule has 53 heavy (non-hydrogen) atoms. The van der Waals surface area contributed by atoms with Crippen LogP contribution in [0.15, 0.2) is 60.9 Å². The standard InChI is InChI=1S/C38H42N8O3.4ClH/c1-25(2)34(44-38(48)49-4)37(47)46-21-11-17-32(46)36-41-24-31(43-36)27-19-18-26(33(22-27)45(3)29-14-6-5-7-15-29)12-8-9-13-28-23-40-35(42-28)30-16-10-20-39-30;;;;/h5-7,14-15,18-19,22-25,30,32,34,39H,10-11,16-17,20-21H2,1-4H3,(H,40,42)(H,41,43)(H,44,48);4*1H/t30-,32-,34-;;;;/m0..../s1. The van der Waals surface area contributed by atoms with Crippen LogP contribution < -0.4 is 15.5 Å². The van der Waals surface area contributed by atoms with Crippen molar-refractivity contribution < 1.29 is 14.3 Å². The maximum atomic E-state index is 13.6. The van der Waals surface area contributed by atoms with E-state index in [-0.39, 0.29) is 73.5 Å². The third-order valence-corrected chi connectivity index (χ3v) is 9.09. The van der Waals surface area contributed by atoms with E-state index in [1.807, 2.05) is 56.1 Å². The quantitative estimate of drug-likeness (QED) is 0.140. The van der Waals surface area contributed by atoms with Crippen LogP contribution in [-0.4, -0.2) is 70.1 Å². The molecule has 2 aliphatic rings. The first-order chi connectivity index (χ1) is 23.8. The number of halogens is 4. The van der Waals surface area contributed by atoms with Gasteiger partial charge in [-0.15, -0.1) is 49.6 Å². The molecule has 2 aliphatic heterocycles. The molecule has 0 spiro atoms. The summed E-state index contributed by atoms with van der Waals surface area (Å²) in [6.45, 7) is 5.41. The molecule has 2 aromatic carbocycles. The third-order valence-electron chi connectivity index (χ3n) is 9.09. The second-order valence-electron chi connectivity index (χ2n) is 12.7. The van der Waals surface area contributed by atoms with Gasteiger partial charge in [0.1, 0.15) is 23.4 Å². The summed E-state index contributed by atoms with van der Waals surface area (Å²) in [6, 6.07) is 15.6. The fraction of sp³-hybridized carbons (Fsp3) is 0.368. The minimum absolute atomic E-state index is 0. The number of likely N-dealkylation sites (tertiary alicyclic amines) is 1. The highest BCUT2D eigenvalue weighted by molar-refractivity contribution is 5.87. The van der Waals surface area contributed by atoms with Gasteiger partial charge in [0.05, 0.1) is 43.0 Å². The van der Waals surface area contributed by atoms with E-state index in [4.69, 9.17) is 9.72 Å². The fourth-order valence-corrected chi connectivity index (χ4v) is 6.41. The Morgan fingerprint density at radius 1 is 0.943 bits per heavy atom. The highest BCUT2D eigenvalue weighted by atomic mass is 35.5. The fourth-order valence-electron chi connectivity index (χ4n) is 6.41. The SMILES string of the molecule is COC(=O)N[C@H](C(=O)N1CCC[C@H]1c1ncc(-c2ccc(C#CC#Cc3cnc([C@@H]4CCCN4)[nH]3)c(N(C)c3ccccc3)c2)[nH]1)C(C)C.Cl.Cl.Cl.Cl. The lowest BCUT2D eigenvalue weighted by molar-refractivity contribution is -0.135. The molecule has 0 unspecified atom stereocenters. The van der Waals surface area contributed by atoms with E-state index < -0.39 is 12.1 Å². The predicted octanol–water partition coefficient (Wildman–Crippen LogP) is 7.13. The van der Waals surface area contributed by atoms with Crippen LogP contribution in [-0.2, 0) is 9.53 Å². The van der Waals surface area contributed by atoms with Crippen LogP contribution in [0, 0.1) is 29.6 Å². The lowest BCUT2D eigenvalue weighted by Gasteiger charge is -2.30. The second kappa shape index (κ2) is 20.8. The lowest BCUT2D eigenvalue weighted by Crippen LogP contribution is -2.51. The molecular weight excluding hydrogens is 758 g/mol.